The van der Waals surface area contributed by atoms with Crippen LogP contribution in [-0.4, -0.2) is 36.1 Å². The largest absolute Gasteiger partial charge is 0.481 e. The van der Waals surface area contributed by atoms with Gasteiger partial charge in [0.05, 0.1) is 30.7 Å². The fraction of sp³-hybridized carbons (Fsp3) is 0.394. The van der Waals surface area contributed by atoms with Crippen molar-refractivity contribution >= 4 is 11.9 Å². The van der Waals surface area contributed by atoms with E-state index in [9.17, 15) is 14.7 Å². The van der Waals surface area contributed by atoms with E-state index < -0.39 is 29.0 Å². The number of aliphatic carboxylic acids is 1. The minimum Gasteiger partial charge on any atom is -0.481 e. The Bertz CT molecular complexity index is 1110. The molecule has 0 aliphatic carbocycles. The molecule has 0 saturated carbocycles. The molecule has 2 unspecified atom stereocenters. The van der Waals surface area contributed by atoms with Crippen molar-refractivity contribution in [3.63, 3.8) is 0 Å². The Hall–Kier alpha value is -3.52. The lowest BCUT2D eigenvalue weighted by molar-refractivity contribution is -0.172. The van der Waals surface area contributed by atoms with Crippen LogP contribution in [0.1, 0.15) is 71.4 Å². The SMILES string of the molecule is C.C.CC(C)(C(=O)O)C(O)c1ccccc1.COC(=O)C(C)(C)C(OCOCc1ccccc1)c1ccccc1. The maximum absolute atomic E-state index is 12.2. The Morgan fingerprint density at radius 2 is 1.20 bits per heavy atom. The number of benzene rings is 3. The number of aliphatic hydroxyl groups excluding tert-OH is 1. The molecule has 40 heavy (non-hydrogen) atoms. The molecule has 0 radical (unpaired) electrons. The second-order valence-electron chi connectivity index (χ2n) is 9.96. The standard InChI is InChI=1S/C20H24O4.C11H14O3.2CH4/c1-20(2,19(21)22-3)18(17-12-8-5-9-13-17)24-15-23-14-16-10-6-4-7-11-16;1-11(2,10(13)14)9(12)8-6-4-3-5-7-8;;/h4-13,18H,14-15H2,1-3H3;3-7,9,12H,1-2H3,(H,13,14);2*1H4. The Labute approximate surface area is 239 Å². The molecule has 0 saturated heterocycles. The van der Waals surface area contributed by atoms with E-state index in [1.165, 1.54) is 21.0 Å². The second-order valence-corrected chi connectivity index (χ2v) is 9.96. The van der Waals surface area contributed by atoms with E-state index in [-0.39, 0.29) is 27.6 Å². The molecule has 3 aromatic carbocycles. The molecule has 7 heteroatoms. The Morgan fingerprint density at radius 1 is 0.750 bits per heavy atom. The first-order valence-corrected chi connectivity index (χ1v) is 12.3. The fourth-order valence-corrected chi connectivity index (χ4v) is 3.74. The Balaban J connectivity index is 0.000000819. The highest BCUT2D eigenvalue weighted by Gasteiger charge is 2.40. The summed E-state index contributed by atoms with van der Waals surface area (Å²) in [7, 11) is 1.39. The molecule has 0 fully saturated rings. The van der Waals surface area contributed by atoms with Gasteiger partial charge in [-0.1, -0.05) is 106 Å². The van der Waals surface area contributed by atoms with E-state index in [1.807, 2.05) is 80.6 Å². The first-order chi connectivity index (χ1) is 18.0. The van der Waals surface area contributed by atoms with E-state index in [4.69, 9.17) is 19.3 Å². The Morgan fingerprint density at radius 3 is 1.65 bits per heavy atom. The van der Waals surface area contributed by atoms with Crippen molar-refractivity contribution in [1.29, 1.82) is 0 Å². The summed E-state index contributed by atoms with van der Waals surface area (Å²) in [6.45, 7) is 7.19. The number of hydrogen-bond acceptors (Lipinski definition) is 6. The third-order valence-electron chi connectivity index (χ3n) is 6.25. The van der Waals surface area contributed by atoms with E-state index in [0.29, 0.717) is 12.2 Å². The molecule has 0 spiro atoms. The minimum atomic E-state index is -1.17. The van der Waals surface area contributed by atoms with Gasteiger partial charge in [0.1, 0.15) is 12.9 Å². The van der Waals surface area contributed by atoms with Crippen LogP contribution in [0.5, 0.6) is 0 Å². The van der Waals surface area contributed by atoms with E-state index in [0.717, 1.165) is 11.1 Å². The summed E-state index contributed by atoms with van der Waals surface area (Å²) in [5, 5.41) is 18.8. The van der Waals surface area contributed by atoms with Crippen LogP contribution < -0.4 is 0 Å². The lowest BCUT2D eigenvalue weighted by Gasteiger charge is -2.31. The Kier molecular flexibility index (Phi) is 15.7. The van der Waals surface area contributed by atoms with Gasteiger partial charge in [-0.2, -0.15) is 0 Å². The van der Waals surface area contributed by atoms with Crippen LogP contribution in [0.3, 0.4) is 0 Å². The van der Waals surface area contributed by atoms with Crippen LogP contribution in [0, 0.1) is 10.8 Å². The highest BCUT2D eigenvalue weighted by atomic mass is 16.7. The van der Waals surface area contributed by atoms with Crippen LogP contribution in [0.15, 0.2) is 91.0 Å². The van der Waals surface area contributed by atoms with Gasteiger partial charge in [-0.3, -0.25) is 9.59 Å². The number of carboxylic acid groups (broad SMARTS) is 1. The number of ether oxygens (including phenoxy) is 3. The highest BCUT2D eigenvalue weighted by molar-refractivity contribution is 5.77. The maximum Gasteiger partial charge on any atom is 0.314 e. The molecule has 7 nitrogen and oxygen atoms in total. The number of carbonyl (C=O) groups is 2. The average Bonchev–Trinajstić information content (AvgIpc) is 2.93. The van der Waals surface area contributed by atoms with Crippen molar-refractivity contribution in [1.82, 2.24) is 0 Å². The topological polar surface area (TPSA) is 102 Å². The van der Waals surface area contributed by atoms with Crippen LogP contribution in [-0.2, 0) is 30.4 Å². The van der Waals surface area contributed by atoms with Crippen LogP contribution in [0.4, 0.5) is 0 Å². The van der Waals surface area contributed by atoms with Gasteiger partial charge in [-0.25, -0.2) is 0 Å². The molecule has 0 heterocycles. The number of aliphatic hydroxyl groups is 1. The molecule has 220 valence electrons. The number of carbonyl (C=O) groups excluding carboxylic acids is 1. The van der Waals surface area contributed by atoms with Crippen LogP contribution >= 0.6 is 0 Å². The van der Waals surface area contributed by atoms with Crippen molar-refractivity contribution in [2.75, 3.05) is 13.9 Å². The van der Waals surface area contributed by atoms with Gasteiger partial charge in [-0.15, -0.1) is 0 Å². The summed E-state index contributed by atoms with van der Waals surface area (Å²) in [5.74, 6) is -1.33. The predicted molar refractivity (Wildman–Crippen MR) is 158 cm³/mol. The lowest BCUT2D eigenvalue weighted by atomic mass is 9.82. The first-order valence-electron chi connectivity index (χ1n) is 12.3. The molecule has 0 aromatic heterocycles. The van der Waals surface area contributed by atoms with Gasteiger partial charge in [-0.05, 0) is 44.4 Å². The van der Waals surface area contributed by atoms with Crippen molar-refractivity contribution < 1.29 is 34.0 Å². The van der Waals surface area contributed by atoms with Gasteiger partial charge in [0, 0.05) is 0 Å². The number of rotatable bonds is 11. The summed E-state index contributed by atoms with van der Waals surface area (Å²) in [4.78, 5) is 23.0. The summed E-state index contributed by atoms with van der Waals surface area (Å²) < 4.78 is 16.5. The minimum absolute atomic E-state index is 0. The molecule has 0 amide bonds. The second kappa shape index (κ2) is 17.2. The molecule has 0 aliphatic rings. The van der Waals surface area contributed by atoms with Crippen molar-refractivity contribution in [3.8, 4) is 0 Å². The molecular formula is C33H46O7. The third-order valence-corrected chi connectivity index (χ3v) is 6.25. The third kappa shape index (κ3) is 10.2. The summed E-state index contributed by atoms with van der Waals surface area (Å²) >= 11 is 0. The molecule has 0 aliphatic heterocycles. The molecule has 0 bridgehead atoms. The number of hydrogen-bond donors (Lipinski definition) is 2. The summed E-state index contributed by atoms with van der Waals surface area (Å²) in [5.41, 5.74) is 0.619. The van der Waals surface area contributed by atoms with Crippen LogP contribution in [0.25, 0.3) is 0 Å². The molecule has 3 rings (SSSR count). The van der Waals surface area contributed by atoms with E-state index in [2.05, 4.69) is 0 Å². The zero-order valence-corrected chi connectivity index (χ0v) is 22.7. The molecule has 2 N–H and O–H groups in total. The number of esters is 1. The van der Waals surface area contributed by atoms with Gasteiger partial charge in [0.2, 0.25) is 0 Å². The smallest absolute Gasteiger partial charge is 0.314 e. The summed E-state index contributed by atoms with van der Waals surface area (Å²) in [6, 6.07) is 28.3. The first kappa shape index (κ1) is 36.5. The molecule has 2 atom stereocenters. The van der Waals surface area contributed by atoms with Crippen molar-refractivity contribution in [2.45, 2.75) is 61.4 Å². The molecular weight excluding hydrogens is 508 g/mol. The quantitative estimate of drug-likeness (QED) is 0.147. The summed E-state index contributed by atoms with van der Waals surface area (Å²) in [6.07, 6.45) is -1.44. The number of methoxy groups -OCH3 is 1. The van der Waals surface area contributed by atoms with Gasteiger partial charge >= 0.3 is 11.9 Å². The average molecular weight is 555 g/mol. The van der Waals surface area contributed by atoms with E-state index >= 15 is 0 Å². The highest BCUT2D eigenvalue weighted by Crippen LogP contribution is 2.37. The van der Waals surface area contributed by atoms with Gasteiger partial charge < -0.3 is 24.4 Å². The van der Waals surface area contributed by atoms with Crippen LogP contribution in [0.2, 0.25) is 0 Å². The zero-order valence-electron chi connectivity index (χ0n) is 22.7. The van der Waals surface area contributed by atoms with E-state index in [1.54, 1.807) is 24.3 Å². The van der Waals surface area contributed by atoms with Gasteiger partial charge in [0.15, 0.2) is 0 Å². The normalized spacial score (nSPS) is 12.3. The lowest BCUT2D eigenvalue weighted by Crippen LogP contribution is -2.34. The number of carboxylic acids is 1. The van der Waals surface area contributed by atoms with Crippen molar-refractivity contribution in [3.05, 3.63) is 108 Å². The molecule has 3 aromatic rings. The zero-order chi connectivity index (χ0) is 28.2. The predicted octanol–water partition coefficient (Wildman–Crippen LogP) is 7.22. The van der Waals surface area contributed by atoms with Crippen molar-refractivity contribution in [2.24, 2.45) is 10.8 Å². The maximum atomic E-state index is 12.2. The fourth-order valence-electron chi connectivity index (χ4n) is 3.74. The van der Waals surface area contributed by atoms with Gasteiger partial charge in [0.25, 0.3) is 0 Å². The monoisotopic (exact) mass is 554 g/mol.